The van der Waals surface area contributed by atoms with Crippen LogP contribution < -0.4 is 0 Å². The first-order valence-electron chi connectivity index (χ1n) is 12.3. The van der Waals surface area contributed by atoms with Crippen LogP contribution in [0, 0.1) is 0 Å². The summed E-state index contributed by atoms with van der Waals surface area (Å²) in [7, 11) is 0. The van der Waals surface area contributed by atoms with Gasteiger partial charge in [0.25, 0.3) is 0 Å². The number of fused-ring (bicyclic) bond motifs is 3. The van der Waals surface area contributed by atoms with E-state index in [-0.39, 0.29) is 0 Å². The summed E-state index contributed by atoms with van der Waals surface area (Å²) in [6, 6.07) is 36.8. The zero-order valence-electron chi connectivity index (χ0n) is 20.2. The molecule has 180 valence electrons. The minimum atomic E-state index is 0.661. The molecule has 0 N–H and O–H groups in total. The van der Waals surface area contributed by atoms with E-state index in [1.807, 2.05) is 66.9 Å². The standard InChI is InChI=1S/C33H20BrN3O/c34-25-17-23(22-10-7-15-35-20-22)16-24(18-25)29-19-30(37-33(36-29)21-8-2-1-3-9-21)28-13-6-12-27-26-11-4-5-14-31(26)38-32(27)28/h1-20H. The quantitative estimate of drug-likeness (QED) is 0.218. The SMILES string of the molecule is Brc1cc(-c2cccnc2)cc(-c2cc(-c3cccc4c3oc3ccccc34)nc(-c3ccccc3)n2)c1. The van der Waals surface area contributed by atoms with Crippen molar-refractivity contribution in [1.82, 2.24) is 15.0 Å². The van der Waals surface area contributed by atoms with Crippen molar-refractivity contribution in [2.75, 3.05) is 0 Å². The fraction of sp³-hybridized carbons (Fsp3) is 0. The number of aromatic nitrogens is 3. The zero-order chi connectivity index (χ0) is 25.5. The van der Waals surface area contributed by atoms with Crippen molar-refractivity contribution in [1.29, 1.82) is 0 Å². The second kappa shape index (κ2) is 9.36. The van der Waals surface area contributed by atoms with E-state index < -0.39 is 0 Å². The average molecular weight is 554 g/mol. The lowest BCUT2D eigenvalue weighted by molar-refractivity contribution is 0.670. The minimum Gasteiger partial charge on any atom is -0.455 e. The molecule has 38 heavy (non-hydrogen) atoms. The molecule has 7 rings (SSSR count). The predicted octanol–water partition coefficient (Wildman–Crippen LogP) is 9.20. The van der Waals surface area contributed by atoms with Gasteiger partial charge in [-0.1, -0.05) is 82.7 Å². The molecule has 0 bridgehead atoms. The van der Waals surface area contributed by atoms with Gasteiger partial charge in [0, 0.05) is 49.9 Å². The third kappa shape index (κ3) is 4.07. The molecule has 4 aromatic carbocycles. The largest absolute Gasteiger partial charge is 0.455 e. The number of hydrogen-bond acceptors (Lipinski definition) is 4. The third-order valence-electron chi connectivity index (χ3n) is 6.63. The van der Waals surface area contributed by atoms with Gasteiger partial charge in [-0.25, -0.2) is 9.97 Å². The van der Waals surface area contributed by atoms with Crippen LogP contribution in [0.15, 0.2) is 130 Å². The van der Waals surface area contributed by atoms with Gasteiger partial charge in [0.05, 0.1) is 11.4 Å². The number of para-hydroxylation sites is 2. The van der Waals surface area contributed by atoms with Gasteiger partial charge >= 0.3 is 0 Å². The third-order valence-corrected chi connectivity index (χ3v) is 7.08. The number of rotatable bonds is 4. The van der Waals surface area contributed by atoms with E-state index in [9.17, 15) is 0 Å². The van der Waals surface area contributed by atoms with E-state index in [0.29, 0.717) is 5.82 Å². The normalized spacial score (nSPS) is 11.3. The number of furan rings is 1. The molecular formula is C33H20BrN3O. The van der Waals surface area contributed by atoms with Crippen LogP contribution in [-0.2, 0) is 0 Å². The van der Waals surface area contributed by atoms with Gasteiger partial charge in [0.15, 0.2) is 5.82 Å². The van der Waals surface area contributed by atoms with Crippen LogP contribution in [0.3, 0.4) is 0 Å². The smallest absolute Gasteiger partial charge is 0.160 e. The Labute approximate surface area is 227 Å². The molecule has 5 heteroatoms. The molecule has 0 spiro atoms. The first-order valence-corrected chi connectivity index (χ1v) is 13.1. The lowest BCUT2D eigenvalue weighted by Crippen LogP contribution is -1.96. The van der Waals surface area contributed by atoms with Gasteiger partial charge in [-0.2, -0.15) is 0 Å². The maximum Gasteiger partial charge on any atom is 0.160 e. The highest BCUT2D eigenvalue weighted by Gasteiger charge is 2.17. The Bertz CT molecular complexity index is 1930. The van der Waals surface area contributed by atoms with Crippen LogP contribution in [-0.4, -0.2) is 15.0 Å². The van der Waals surface area contributed by atoms with E-state index in [0.717, 1.165) is 65.6 Å². The molecule has 0 unspecified atom stereocenters. The second-order valence-corrected chi connectivity index (χ2v) is 9.99. The summed E-state index contributed by atoms with van der Waals surface area (Å²) < 4.78 is 7.32. The highest BCUT2D eigenvalue weighted by atomic mass is 79.9. The number of nitrogens with zero attached hydrogens (tertiary/aromatic N) is 3. The molecule has 0 radical (unpaired) electrons. The van der Waals surface area contributed by atoms with E-state index in [4.69, 9.17) is 14.4 Å². The molecule has 4 nitrogen and oxygen atoms in total. The van der Waals surface area contributed by atoms with E-state index in [2.05, 4.69) is 69.4 Å². The molecule has 0 saturated heterocycles. The fourth-order valence-electron chi connectivity index (χ4n) is 4.84. The summed E-state index contributed by atoms with van der Waals surface area (Å²) in [6.45, 7) is 0. The highest BCUT2D eigenvalue weighted by molar-refractivity contribution is 9.10. The van der Waals surface area contributed by atoms with Crippen molar-refractivity contribution in [3.8, 4) is 45.0 Å². The Morgan fingerprint density at radius 2 is 1.34 bits per heavy atom. The Kier molecular flexibility index (Phi) is 5.56. The fourth-order valence-corrected chi connectivity index (χ4v) is 5.33. The summed E-state index contributed by atoms with van der Waals surface area (Å²) in [5.41, 5.74) is 8.29. The van der Waals surface area contributed by atoms with E-state index in [1.54, 1.807) is 6.20 Å². The summed E-state index contributed by atoms with van der Waals surface area (Å²) in [4.78, 5) is 14.3. The monoisotopic (exact) mass is 553 g/mol. The van der Waals surface area contributed by atoms with Gasteiger partial charge in [-0.3, -0.25) is 4.98 Å². The molecule has 3 heterocycles. The molecule has 0 aliphatic carbocycles. The van der Waals surface area contributed by atoms with E-state index >= 15 is 0 Å². The number of hydrogen-bond donors (Lipinski definition) is 0. The Morgan fingerprint density at radius 1 is 0.579 bits per heavy atom. The van der Waals surface area contributed by atoms with Crippen LogP contribution in [0.2, 0.25) is 0 Å². The molecule has 3 aromatic heterocycles. The van der Waals surface area contributed by atoms with Crippen LogP contribution in [0.25, 0.3) is 67.0 Å². The number of pyridine rings is 1. The van der Waals surface area contributed by atoms with Crippen molar-refractivity contribution < 1.29 is 4.42 Å². The lowest BCUT2D eigenvalue weighted by Gasteiger charge is -2.11. The van der Waals surface area contributed by atoms with Crippen LogP contribution in [0.1, 0.15) is 0 Å². The van der Waals surface area contributed by atoms with Gasteiger partial charge in [0.1, 0.15) is 11.2 Å². The molecule has 0 amide bonds. The Balaban J connectivity index is 1.47. The Hall–Kier alpha value is -4.61. The van der Waals surface area contributed by atoms with E-state index in [1.165, 1.54) is 0 Å². The predicted molar refractivity (Wildman–Crippen MR) is 157 cm³/mol. The molecule has 0 aliphatic heterocycles. The van der Waals surface area contributed by atoms with Crippen LogP contribution in [0.4, 0.5) is 0 Å². The van der Waals surface area contributed by atoms with Gasteiger partial charge in [-0.15, -0.1) is 0 Å². The first-order chi connectivity index (χ1) is 18.7. The zero-order valence-corrected chi connectivity index (χ0v) is 21.8. The van der Waals surface area contributed by atoms with Crippen molar-refractivity contribution in [3.05, 3.63) is 126 Å². The second-order valence-electron chi connectivity index (χ2n) is 9.08. The maximum atomic E-state index is 6.35. The molecule has 0 fully saturated rings. The molecule has 0 aliphatic rings. The minimum absolute atomic E-state index is 0.661. The summed E-state index contributed by atoms with van der Waals surface area (Å²) in [6.07, 6.45) is 3.65. The molecule has 7 aromatic rings. The molecule has 0 atom stereocenters. The van der Waals surface area contributed by atoms with Crippen molar-refractivity contribution in [2.24, 2.45) is 0 Å². The average Bonchev–Trinajstić information content (AvgIpc) is 3.36. The van der Waals surface area contributed by atoms with Gasteiger partial charge in [-0.05, 0) is 48.0 Å². The summed E-state index contributed by atoms with van der Waals surface area (Å²) >= 11 is 3.71. The lowest BCUT2D eigenvalue weighted by atomic mass is 10.0. The van der Waals surface area contributed by atoms with Crippen LogP contribution in [0.5, 0.6) is 0 Å². The molecular weight excluding hydrogens is 534 g/mol. The van der Waals surface area contributed by atoms with Crippen LogP contribution >= 0.6 is 15.9 Å². The van der Waals surface area contributed by atoms with Crippen molar-refractivity contribution in [3.63, 3.8) is 0 Å². The highest BCUT2D eigenvalue weighted by Crippen LogP contribution is 2.37. The number of benzene rings is 4. The first kappa shape index (κ1) is 22.6. The summed E-state index contributed by atoms with van der Waals surface area (Å²) in [5.74, 6) is 0.661. The molecule has 0 saturated carbocycles. The van der Waals surface area contributed by atoms with Crippen molar-refractivity contribution >= 4 is 37.9 Å². The maximum absolute atomic E-state index is 6.35. The number of halogens is 1. The van der Waals surface area contributed by atoms with Crippen molar-refractivity contribution in [2.45, 2.75) is 0 Å². The Morgan fingerprint density at radius 3 is 2.21 bits per heavy atom. The summed E-state index contributed by atoms with van der Waals surface area (Å²) in [5, 5.41) is 2.16. The van der Waals surface area contributed by atoms with Gasteiger partial charge < -0.3 is 4.42 Å². The topological polar surface area (TPSA) is 51.8 Å². The van der Waals surface area contributed by atoms with Gasteiger partial charge in [0.2, 0.25) is 0 Å².